The van der Waals surface area contributed by atoms with Gasteiger partial charge in [0.1, 0.15) is 0 Å². The van der Waals surface area contributed by atoms with Crippen LogP contribution in [0.25, 0.3) is 0 Å². The van der Waals surface area contributed by atoms with Crippen molar-refractivity contribution in [3.8, 4) is 0 Å². The highest BCUT2D eigenvalue weighted by atomic mass is 35.5. The SMILES string of the molecule is O=C(CN1CCC2NCCC2C1)Nc1cc(Cl)ccc1Cl. The van der Waals surface area contributed by atoms with Gasteiger partial charge in [0.2, 0.25) is 5.91 Å². The lowest BCUT2D eigenvalue weighted by atomic mass is 9.93. The molecule has 4 nitrogen and oxygen atoms in total. The second-order valence-electron chi connectivity index (χ2n) is 5.81. The lowest BCUT2D eigenvalue weighted by molar-refractivity contribution is -0.117. The summed E-state index contributed by atoms with van der Waals surface area (Å²) in [5.41, 5.74) is 0.576. The Labute approximate surface area is 134 Å². The molecule has 6 heteroatoms. The predicted molar refractivity (Wildman–Crippen MR) is 86.0 cm³/mol. The molecule has 2 unspecified atom stereocenters. The Morgan fingerprint density at radius 3 is 3.10 bits per heavy atom. The molecule has 1 aromatic carbocycles. The van der Waals surface area contributed by atoms with E-state index in [0.717, 1.165) is 26.1 Å². The van der Waals surface area contributed by atoms with Crippen LogP contribution in [0.1, 0.15) is 12.8 Å². The van der Waals surface area contributed by atoms with Crippen LogP contribution in [0.5, 0.6) is 0 Å². The van der Waals surface area contributed by atoms with Crippen molar-refractivity contribution in [3.63, 3.8) is 0 Å². The number of carbonyl (C=O) groups is 1. The molecule has 0 saturated carbocycles. The molecule has 0 aliphatic carbocycles. The van der Waals surface area contributed by atoms with E-state index in [0.29, 0.717) is 34.2 Å². The summed E-state index contributed by atoms with van der Waals surface area (Å²) < 4.78 is 0. The third kappa shape index (κ3) is 3.69. The molecular weight excluding hydrogens is 309 g/mol. The maximum absolute atomic E-state index is 12.2. The Morgan fingerprint density at radius 1 is 1.38 bits per heavy atom. The molecular formula is C15H19Cl2N3O. The van der Waals surface area contributed by atoms with Crippen LogP contribution >= 0.6 is 23.2 Å². The fourth-order valence-electron chi connectivity index (χ4n) is 3.25. The average molecular weight is 328 g/mol. The van der Waals surface area contributed by atoms with Crippen molar-refractivity contribution < 1.29 is 4.79 Å². The number of rotatable bonds is 3. The van der Waals surface area contributed by atoms with Crippen molar-refractivity contribution in [2.45, 2.75) is 18.9 Å². The minimum atomic E-state index is -0.0384. The van der Waals surface area contributed by atoms with E-state index < -0.39 is 0 Å². The van der Waals surface area contributed by atoms with Crippen molar-refractivity contribution >= 4 is 34.8 Å². The van der Waals surface area contributed by atoms with Gasteiger partial charge in [0.15, 0.2) is 0 Å². The predicted octanol–water partition coefficient (Wildman–Crippen LogP) is 2.62. The molecule has 2 fully saturated rings. The summed E-state index contributed by atoms with van der Waals surface area (Å²) >= 11 is 12.0. The van der Waals surface area contributed by atoms with Crippen LogP contribution in [0.4, 0.5) is 5.69 Å². The minimum Gasteiger partial charge on any atom is -0.324 e. The van der Waals surface area contributed by atoms with E-state index in [1.54, 1.807) is 18.2 Å². The van der Waals surface area contributed by atoms with Crippen molar-refractivity contribution in [1.29, 1.82) is 0 Å². The average Bonchev–Trinajstić information content (AvgIpc) is 2.90. The molecule has 0 radical (unpaired) electrons. The van der Waals surface area contributed by atoms with Crippen LogP contribution in [0.3, 0.4) is 0 Å². The molecule has 2 heterocycles. The highest BCUT2D eigenvalue weighted by molar-refractivity contribution is 6.35. The molecule has 0 spiro atoms. The van der Waals surface area contributed by atoms with E-state index in [2.05, 4.69) is 15.5 Å². The van der Waals surface area contributed by atoms with Gasteiger partial charge in [-0.1, -0.05) is 23.2 Å². The summed E-state index contributed by atoms with van der Waals surface area (Å²) in [4.78, 5) is 14.4. The third-order valence-corrected chi connectivity index (χ3v) is 4.87. The van der Waals surface area contributed by atoms with E-state index in [4.69, 9.17) is 23.2 Å². The van der Waals surface area contributed by atoms with Gasteiger partial charge >= 0.3 is 0 Å². The van der Waals surface area contributed by atoms with E-state index in [9.17, 15) is 4.79 Å². The first kappa shape index (κ1) is 15.1. The normalized spacial score (nSPS) is 25.6. The number of benzene rings is 1. The largest absolute Gasteiger partial charge is 0.324 e. The highest BCUT2D eigenvalue weighted by Crippen LogP contribution is 2.26. The summed E-state index contributed by atoms with van der Waals surface area (Å²) in [5, 5.41) is 7.44. The van der Waals surface area contributed by atoms with Crippen molar-refractivity contribution in [3.05, 3.63) is 28.2 Å². The molecule has 3 rings (SSSR count). The van der Waals surface area contributed by atoms with E-state index >= 15 is 0 Å². The monoisotopic (exact) mass is 327 g/mol. The maximum atomic E-state index is 12.2. The van der Waals surface area contributed by atoms with Crippen LogP contribution in [0, 0.1) is 5.92 Å². The number of halogens is 2. The first-order chi connectivity index (χ1) is 10.1. The summed E-state index contributed by atoms with van der Waals surface area (Å²) in [6.45, 7) is 3.47. The van der Waals surface area contributed by atoms with Gasteiger partial charge in [0.05, 0.1) is 17.3 Å². The van der Waals surface area contributed by atoms with Crippen LogP contribution in [-0.4, -0.2) is 43.0 Å². The summed E-state index contributed by atoms with van der Waals surface area (Å²) in [6, 6.07) is 5.72. The lowest BCUT2D eigenvalue weighted by Gasteiger charge is -2.34. The maximum Gasteiger partial charge on any atom is 0.238 e. The molecule has 21 heavy (non-hydrogen) atoms. The quantitative estimate of drug-likeness (QED) is 0.896. The third-order valence-electron chi connectivity index (χ3n) is 4.31. The molecule has 1 aromatic rings. The van der Waals surface area contributed by atoms with E-state index in [1.807, 2.05) is 0 Å². The Balaban J connectivity index is 1.55. The van der Waals surface area contributed by atoms with E-state index in [-0.39, 0.29) is 5.91 Å². The fourth-order valence-corrected chi connectivity index (χ4v) is 3.59. The van der Waals surface area contributed by atoms with Gasteiger partial charge in [0.25, 0.3) is 0 Å². The summed E-state index contributed by atoms with van der Waals surface area (Å²) in [6.07, 6.45) is 2.33. The molecule has 0 aromatic heterocycles. The van der Waals surface area contributed by atoms with Crippen molar-refractivity contribution in [2.24, 2.45) is 5.92 Å². The lowest BCUT2D eigenvalue weighted by Crippen LogP contribution is -2.46. The van der Waals surface area contributed by atoms with Gasteiger partial charge in [-0.3, -0.25) is 9.69 Å². The smallest absolute Gasteiger partial charge is 0.238 e. The zero-order valence-corrected chi connectivity index (χ0v) is 13.3. The number of hydrogen-bond acceptors (Lipinski definition) is 3. The molecule has 0 bridgehead atoms. The van der Waals surface area contributed by atoms with Gasteiger partial charge in [-0.15, -0.1) is 0 Å². The Bertz CT molecular complexity index is 538. The number of piperidine rings is 1. The van der Waals surface area contributed by atoms with Gasteiger partial charge in [-0.05, 0) is 43.5 Å². The highest BCUT2D eigenvalue weighted by Gasteiger charge is 2.32. The molecule has 114 valence electrons. The molecule has 2 aliphatic rings. The fraction of sp³-hybridized carbons (Fsp3) is 0.533. The zero-order chi connectivity index (χ0) is 14.8. The van der Waals surface area contributed by atoms with Crippen LogP contribution in [-0.2, 0) is 4.79 Å². The Hall–Kier alpha value is -0.810. The minimum absolute atomic E-state index is 0.0384. The van der Waals surface area contributed by atoms with Crippen molar-refractivity contribution in [1.82, 2.24) is 10.2 Å². The van der Waals surface area contributed by atoms with Crippen molar-refractivity contribution in [2.75, 3.05) is 31.5 Å². The molecule has 2 saturated heterocycles. The summed E-state index contributed by atoms with van der Waals surface area (Å²) in [5.74, 6) is 0.643. The molecule has 1 amide bonds. The topological polar surface area (TPSA) is 44.4 Å². The Morgan fingerprint density at radius 2 is 2.24 bits per heavy atom. The van der Waals surface area contributed by atoms with Crippen LogP contribution in [0.15, 0.2) is 18.2 Å². The second kappa shape index (κ2) is 6.53. The Kier molecular flexibility index (Phi) is 4.69. The number of nitrogens with zero attached hydrogens (tertiary/aromatic N) is 1. The number of likely N-dealkylation sites (tertiary alicyclic amines) is 1. The van der Waals surface area contributed by atoms with Gasteiger partial charge in [-0.25, -0.2) is 0 Å². The van der Waals surface area contributed by atoms with Gasteiger partial charge < -0.3 is 10.6 Å². The zero-order valence-electron chi connectivity index (χ0n) is 11.7. The molecule has 2 atom stereocenters. The van der Waals surface area contributed by atoms with Gasteiger partial charge in [0, 0.05) is 24.2 Å². The standard InChI is InChI=1S/C15H19Cl2N3O/c16-11-1-2-12(17)14(7-11)19-15(21)9-20-6-4-13-10(8-20)3-5-18-13/h1-2,7,10,13,18H,3-6,8-9H2,(H,19,21). The number of nitrogens with one attached hydrogen (secondary N) is 2. The number of amides is 1. The first-order valence-corrected chi connectivity index (χ1v) is 8.08. The summed E-state index contributed by atoms with van der Waals surface area (Å²) in [7, 11) is 0. The van der Waals surface area contributed by atoms with Crippen LogP contribution in [0.2, 0.25) is 10.0 Å². The second-order valence-corrected chi connectivity index (χ2v) is 6.65. The number of anilines is 1. The molecule has 2 aliphatic heterocycles. The number of hydrogen-bond donors (Lipinski definition) is 2. The number of carbonyl (C=O) groups excluding carboxylic acids is 1. The molecule has 2 N–H and O–H groups in total. The first-order valence-electron chi connectivity index (χ1n) is 7.32. The van der Waals surface area contributed by atoms with E-state index in [1.165, 1.54) is 6.42 Å². The van der Waals surface area contributed by atoms with Crippen LogP contribution < -0.4 is 10.6 Å². The van der Waals surface area contributed by atoms with Gasteiger partial charge in [-0.2, -0.15) is 0 Å². The number of fused-ring (bicyclic) bond motifs is 1.